The first-order valence-electron chi connectivity index (χ1n) is 7.77. The summed E-state index contributed by atoms with van der Waals surface area (Å²) in [6.07, 6.45) is 2.71. The summed E-state index contributed by atoms with van der Waals surface area (Å²) >= 11 is 0. The molecule has 3 rings (SSSR count). The van der Waals surface area contributed by atoms with Crippen molar-refractivity contribution in [3.63, 3.8) is 0 Å². The van der Waals surface area contributed by atoms with Gasteiger partial charge in [0.05, 0.1) is 30.5 Å². The van der Waals surface area contributed by atoms with Crippen molar-refractivity contribution in [2.45, 2.75) is 13.1 Å². The lowest BCUT2D eigenvalue weighted by Gasteiger charge is -2.08. The van der Waals surface area contributed by atoms with Crippen LogP contribution in [0.3, 0.4) is 0 Å². The fraction of sp³-hybridized carbons (Fsp3) is 0.111. The summed E-state index contributed by atoms with van der Waals surface area (Å²) in [4.78, 5) is 34.4. The number of carbonyl (C=O) groups excluding carboxylic acids is 1. The minimum Gasteiger partial charge on any atom is -0.467 e. The Morgan fingerprint density at radius 1 is 1.19 bits per heavy atom. The van der Waals surface area contributed by atoms with Gasteiger partial charge in [0.1, 0.15) is 5.76 Å². The van der Waals surface area contributed by atoms with Crippen LogP contribution in [-0.4, -0.2) is 15.4 Å². The number of hydrogen-bond donors (Lipinski definition) is 1. The third kappa shape index (κ3) is 4.04. The zero-order valence-electron chi connectivity index (χ0n) is 13.6. The summed E-state index contributed by atoms with van der Waals surface area (Å²) in [5, 5.41) is 13.6. The van der Waals surface area contributed by atoms with Crippen molar-refractivity contribution in [3.8, 4) is 0 Å². The van der Waals surface area contributed by atoms with E-state index in [2.05, 4.69) is 5.32 Å². The van der Waals surface area contributed by atoms with E-state index in [1.165, 1.54) is 17.0 Å². The van der Waals surface area contributed by atoms with Crippen molar-refractivity contribution in [2.24, 2.45) is 0 Å². The van der Waals surface area contributed by atoms with Crippen molar-refractivity contribution in [1.29, 1.82) is 0 Å². The molecule has 0 aliphatic rings. The van der Waals surface area contributed by atoms with Gasteiger partial charge in [-0.25, -0.2) is 0 Å². The number of aromatic nitrogens is 1. The monoisotopic (exact) mass is 353 g/mol. The highest BCUT2D eigenvalue weighted by atomic mass is 16.6. The van der Waals surface area contributed by atoms with Crippen molar-refractivity contribution in [3.05, 3.63) is 98.3 Å². The molecule has 0 atom stereocenters. The topological polar surface area (TPSA) is 107 Å². The van der Waals surface area contributed by atoms with Crippen LogP contribution >= 0.6 is 0 Å². The first-order chi connectivity index (χ1) is 12.5. The van der Waals surface area contributed by atoms with E-state index >= 15 is 0 Å². The molecule has 0 saturated carbocycles. The smallest absolute Gasteiger partial charge is 0.285 e. The Balaban J connectivity index is 1.75. The molecule has 1 N–H and O–H groups in total. The van der Waals surface area contributed by atoms with Gasteiger partial charge in [-0.15, -0.1) is 0 Å². The maximum Gasteiger partial charge on any atom is 0.285 e. The largest absolute Gasteiger partial charge is 0.467 e. The second kappa shape index (κ2) is 7.47. The highest BCUT2D eigenvalue weighted by molar-refractivity contribution is 5.94. The van der Waals surface area contributed by atoms with Crippen molar-refractivity contribution in [2.75, 3.05) is 0 Å². The lowest BCUT2D eigenvalue weighted by atomic mass is 10.1. The fourth-order valence-electron chi connectivity index (χ4n) is 2.44. The summed E-state index contributed by atoms with van der Waals surface area (Å²) in [5.74, 6) is 0.354. The van der Waals surface area contributed by atoms with Gasteiger partial charge in [-0.3, -0.25) is 19.7 Å². The molecule has 2 aromatic heterocycles. The van der Waals surface area contributed by atoms with Gasteiger partial charge < -0.3 is 14.3 Å². The standard InChI is InChI=1S/C18H15N3O5/c22-17-7-6-15(21(24)25)12-20(17)11-13-3-1-4-14(9-13)18(23)19-10-16-5-2-8-26-16/h1-9,12H,10-11H2,(H,19,23). The summed E-state index contributed by atoms with van der Waals surface area (Å²) in [6, 6.07) is 12.5. The quantitative estimate of drug-likeness (QED) is 0.540. The lowest BCUT2D eigenvalue weighted by molar-refractivity contribution is -0.385. The van der Waals surface area contributed by atoms with Crippen molar-refractivity contribution in [1.82, 2.24) is 9.88 Å². The van der Waals surface area contributed by atoms with Crippen molar-refractivity contribution >= 4 is 11.6 Å². The number of rotatable bonds is 6. The molecule has 0 aliphatic carbocycles. The summed E-state index contributed by atoms with van der Waals surface area (Å²) in [6.45, 7) is 0.389. The predicted molar refractivity (Wildman–Crippen MR) is 92.8 cm³/mol. The molecule has 0 bridgehead atoms. The molecular weight excluding hydrogens is 338 g/mol. The number of carbonyl (C=O) groups is 1. The molecule has 0 saturated heterocycles. The Morgan fingerprint density at radius 2 is 2.04 bits per heavy atom. The van der Waals surface area contributed by atoms with Crippen LogP contribution in [0.15, 0.2) is 70.2 Å². The molecule has 0 fully saturated rings. The average Bonchev–Trinajstić information content (AvgIpc) is 3.15. The molecule has 3 aromatic rings. The van der Waals surface area contributed by atoms with E-state index in [1.54, 1.807) is 36.4 Å². The van der Waals surface area contributed by atoms with Crippen LogP contribution < -0.4 is 10.9 Å². The zero-order chi connectivity index (χ0) is 18.5. The molecule has 2 heterocycles. The number of nitro groups is 1. The number of benzene rings is 1. The van der Waals surface area contributed by atoms with E-state index < -0.39 is 4.92 Å². The molecular formula is C18H15N3O5. The lowest BCUT2D eigenvalue weighted by Crippen LogP contribution is -2.23. The van der Waals surface area contributed by atoms with E-state index in [-0.39, 0.29) is 30.2 Å². The number of amides is 1. The Labute approximate surface area is 147 Å². The SMILES string of the molecule is O=C(NCc1ccco1)c1cccc(Cn2cc([N+](=O)[O-])ccc2=O)c1. The van der Waals surface area contributed by atoms with Gasteiger partial charge in [0, 0.05) is 17.7 Å². The highest BCUT2D eigenvalue weighted by Gasteiger charge is 2.10. The number of pyridine rings is 1. The number of nitrogens with zero attached hydrogens (tertiary/aromatic N) is 2. The molecule has 0 aliphatic heterocycles. The van der Waals surface area contributed by atoms with Crippen LogP contribution in [0.1, 0.15) is 21.7 Å². The van der Waals surface area contributed by atoms with Crippen molar-refractivity contribution < 1.29 is 14.1 Å². The highest BCUT2D eigenvalue weighted by Crippen LogP contribution is 2.11. The number of furan rings is 1. The first kappa shape index (κ1) is 17.2. The van der Waals surface area contributed by atoms with E-state index in [4.69, 9.17) is 4.42 Å². The van der Waals surface area contributed by atoms with E-state index in [9.17, 15) is 19.7 Å². The minimum absolute atomic E-state index is 0.125. The molecule has 0 spiro atoms. The number of nitrogens with one attached hydrogen (secondary N) is 1. The second-order valence-corrected chi connectivity index (χ2v) is 5.57. The Kier molecular flexibility index (Phi) is 4.93. The van der Waals surface area contributed by atoms with Crippen LogP contribution in [0.25, 0.3) is 0 Å². The normalized spacial score (nSPS) is 10.5. The van der Waals surface area contributed by atoms with Crippen LogP contribution in [0.4, 0.5) is 5.69 Å². The van der Waals surface area contributed by atoms with Gasteiger partial charge in [-0.1, -0.05) is 12.1 Å². The Hall–Kier alpha value is -3.68. The molecule has 8 heteroatoms. The first-order valence-corrected chi connectivity index (χ1v) is 7.77. The maximum absolute atomic E-state index is 12.2. The summed E-state index contributed by atoms with van der Waals surface area (Å²) < 4.78 is 6.39. The summed E-state index contributed by atoms with van der Waals surface area (Å²) in [7, 11) is 0. The van der Waals surface area contributed by atoms with Gasteiger partial charge in [-0.05, 0) is 29.8 Å². The van der Waals surface area contributed by atoms with E-state index in [1.807, 2.05) is 0 Å². The fourth-order valence-corrected chi connectivity index (χ4v) is 2.44. The second-order valence-electron chi connectivity index (χ2n) is 5.57. The maximum atomic E-state index is 12.2. The molecule has 26 heavy (non-hydrogen) atoms. The third-order valence-electron chi connectivity index (χ3n) is 3.72. The van der Waals surface area contributed by atoms with Gasteiger partial charge >= 0.3 is 0 Å². The molecule has 1 amide bonds. The zero-order valence-corrected chi connectivity index (χ0v) is 13.6. The molecule has 1 aromatic carbocycles. The van der Waals surface area contributed by atoms with Crippen LogP contribution in [0, 0.1) is 10.1 Å². The third-order valence-corrected chi connectivity index (χ3v) is 3.72. The van der Waals surface area contributed by atoms with Crippen LogP contribution in [-0.2, 0) is 13.1 Å². The van der Waals surface area contributed by atoms with Crippen LogP contribution in [0.2, 0.25) is 0 Å². The molecule has 0 unspecified atom stereocenters. The molecule has 132 valence electrons. The average molecular weight is 353 g/mol. The van der Waals surface area contributed by atoms with E-state index in [0.29, 0.717) is 16.9 Å². The van der Waals surface area contributed by atoms with Gasteiger partial charge in [0.2, 0.25) is 0 Å². The number of hydrogen-bond acceptors (Lipinski definition) is 5. The predicted octanol–water partition coefficient (Wildman–Crippen LogP) is 2.33. The summed E-state index contributed by atoms with van der Waals surface area (Å²) in [5.41, 5.74) is 0.575. The minimum atomic E-state index is -0.561. The molecule has 0 radical (unpaired) electrons. The molecule has 8 nitrogen and oxygen atoms in total. The Bertz CT molecular complexity index is 992. The van der Waals surface area contributed by atoms with Gasteiger partial charge in [-0.2, -0.15) is 0 Å². The van der Waals surface area contributed by atoms with Gasteiger partial charge in [0.25, 0.3) is 17.2 Å². The Morgan fingerprint density at radius 3 is 2.77 bits per heavy atom. The van der Waals surface area contributed by atoms with Gasteiger partial charge in [0.15, 0.2) is 0 Å². The van der Waals surface area contributed by atoms with Crippen LogP contribution in [0.5, 0.6) is 0 Å². The van der Waals surface area contributed by atoms with E-state index in [0.717, 1.165) is 12.1 Å².